The largest absolute Gasteiger partial charge is 0.338 e. The van der Waals surface area contributed by atoms with Gasteiger partial charge in [-0.05, 0) is 62.6 Å². The van der Waals surface area contributed by atoms with E-state index < -0.39 is 15.8 Å². The fourth-order valence-corrected chi connectivity index (χ4v) is 4.74. The van der Waals surface area contributed by atoms with Crippen LogP contribution in [0, 0.1) is 5.82 Å². The first-order valence-corrected chi connectivity index (χ1v) is 10.5. The second-order valence-corrected chi connectivity index (χ2v) is 8.60. The van der Waals surface area contributed by atoms with Crippen LogP contribution >= 0.6 is 0 Å². The summed E-state index contributed by atoms with van der Waals surface area (Å²) in [5.74, 6) is -0.741. The Kier molecular flexibility index (Phi) is 5.79. The normalized spacial score (nSPS) is 17.6. The zero-order chi connectivity index (χ0) is 19.4. The van der Waals surface area contributed by atoms with Gasteiger partial charge in [0.15, 0.2) is 0 Å². The zero-order valence-corrected chi connectivity index (χ0v) is 16.0. The minimum absolute atomic E-state index is 0.0488. The molecule has 0 unspecified atom stereocenters. The molecule has 0 spiro atoms. The Morgan fingerprint density at radius 3 is 2.41 bits per heavy atom. The number of halogens is 1. The van der Waals surface area contributed by atoms with Crippen LogP contribution in [0.4, 0.5) is 10.1 Å². The van der Waals surface area contributed by atoms with E-state index in [0.29, 0.717) is 12.2 Å². The van der Waals surface area contributed by atoms with Crippen LogP contribution in [0.2, 0.25) is 0 Å². The van der Waals surface area contributed by atoms with Crippen molar-refractivity contribution in [2.24, 2.45) is 0 Å². The quantitative estimate of drug-likeness (QED) is 0.786. The number of hydrogen-bond donors (Lipinski definition) is 0. The third kappa shape index (κ3) is 4.30. The Morgan fingerprint density at radius 2 is 1.78 bits per heavy atom. The van der Waals surface area contributed by atoms with Gasteiger partial charge in [0.25, 0.3) is 10.0 Å². The number of nitrogens with zero attached hydrogens (tertiary/aromatic N) is 2. The SMILES string of the molecule is C[C@@H]1CCCCN1C(=O)CN(c1ccccc1)S(=O)(=O)c1ccc(F)cc1. The molecule has 3 rings (SSSR count). The fourth-order valence-electron chi connectivity index (χ4n) is 3.33. The first-order chi connectivity index (χ1) is 12.9. The highest BCUT2D eigenvalue weighted by Crippen LogP contribution is 2.25. The predicted octanol–water partition coefficient (Wildman–Crippen LogP) is 3.42. The number of carbonyl (C=O) groups excluding carboxylic acids is 1. The number of rotatable bonds is 5. The molecule has 27 heavy (non-hydrogen) atoms. The van der Waals surface area contributed by atoms with E-state index in [1.165, 1.54) is 12.1 Å². The van der Waals surface area contributed by atoms with Gasteiger partial charge in [-0.1, -0.05) is 18.2 Å². The summed E-state index contributed by atoms with van der Waals surface area (Å²) in [7, 11) is -4.00. The maximum atomic E-state index is 13.2. The molecule has 1 aliphatic rings. The third-order valence-corrected chi connectivity index (χ3v) is 6.64. The third-order valence-electron chi connectivity index (χ3n) is 4.85. The highest BCUT2D eigenvalue weighted by molar-refractivity contribution is 7.92. The number of benzene rings is 2. The van der Waals surface area contributed by atoms with Crippen LogP contribution in [0.1, 0.15) is 26.2 Å². The van der Waals surface area contributed by atoms with Crippen molar-refractivity contribution in [1.29, 1.82) is 0 Å². The van der Waals surface area contributed by atoms with Crippen molar-refractivity contribution in [1.82, 2.24) is 4.90 Å². The molecular weight excluding hydrogens is 367 g/mol. The Morgan fingerprint density at radius 1 is 1.11 bits per heavy atom. The lowest BCUT2D eigenvalue weighted by Gasteiger charge is -2.35. The molecule has 0 radical (unpaired) electrons. The number of carbonyl (C=O) groups is 1. The second-order valence-electron chi connectivity index (χ2n) is 6.73. The van der Waals surface area contributed by atoms with Crippen molar-refractivity contribution in [2.45, 2.75) is 37.1 Å². The van der Waals surface area contributed by atoms with Crippen LogP contribution in [0.5, 0.6) is 0 Å². The lowest BCUT2D eigenvalue weighted by molar-refractivity contribution is -0.132. The number of sulfonamides is 1. The van der Waals surface area contributed by atoms with Crippen LogP contribution in [0.3, 0.4) is 0 Å². The van der Waals surface area contributed by atoms with Crippen LogP contribution in [-0.2, 0) is 14.8 Å². The summed E-state index contributed by atoms with van der Waals surface area (Å²) in [5, 5.41) is 0. The fraction of sp³-hybridized carbons (Fsp3) is 0.350. The maximum absolute atomic E-state index is 13.2. The molecule has 7 heteroatoms. The summed E-state index contributed by atoms with van der Waals surface area (Å²) in [6.07, 6.45) is 2.91. The Hall–Kier alpha value is -2.41. The van der Waals surface area contributed by atoms with Gasteiger partial charge in [0.1, 0.15) is 12.4 Å². The van der Waals surface area contributed by atoms with E-state index in [1.54, 1.807) is 35.2 Å². The summed E-state index contributed by atoms with van der Waals surface area (Å²) in [4.78, 5) is 14.6. The van der Waals surface area contributed by atoms with Gasteiger partial charge in [-0.15, -0.1) is 0 Å². The maximum Gasteiger partial charge on any atom is 0.264 e. The molecule has 0 saturated carbocycles. The molecule has 5 nitrogen and oxygen atoms in total. The first kappa shape index (κ1) is 19.4. The average Bonchev–Trinajstić information content (AvgIpc) is 2.67. The molecule has 144 valence electrons. The van der Waals surface area contributed by atoms with Crippen molar-refractivity contribution >= 4 is 21.6 Å². The molecule has 0 N–H and O–H groups in total. The average molecular weight is 390 g/mol. The van der Waals surface area contributed by atoms with Crippen molar-refractivity contribution < 1.29 is 17.6 Å². The second kappa shape index (κ2) is 8.08. The number of likely N-dealkylation sites (tertiary alicyclic amines) is 1. The van der Waals surface area contributed by atoms with Gasteiger partial charge < -0.3 is 4.90 Å². The van der Waals surface area contributed by atoms with E-state index >= 15 is 0 Å². The molecule has 1 saturated heterocycles. The number of para-hydroxylation sites is 1. The highest BCUT2D eigenvalue weighted by atomic mass is 32.2. The molecule has 0 aliphatic carbocycles. The zero-order valence-electron chi connectivity index (χ0n) is 15.2. The predicted molar refractivity (Wildman–Crippen MR) is 102 cm³/mol. The van der Waals surface area contributed by atoms with E-state index in [4.69, 9.17) is 0 Å². The number of piperidine rings is 1. The van der Waals surface area contributed by atoms with Gasteiger partial charge in [-0.2, -0.15) is 0 Å². The highest BCUT2D eigenvalue weighted by Gasteiger charge is 2.31. The van der Waals surface area contributed by atoms with Gasteiger partial charge in [-0.25, -0.2) is 12.8 Å². The van der Waals surface area contributed by atoms with Crippen molar-refractivity contribution in [3.05, 3.63) is 60.4 Å². The van der Waals surface area contributed by atoms with Crippen LogP contribution in [0.25, 0.3) is 0 Å². The van der Waals surface area contributed by atoms with Crippen molar-refractivity contribution in [2.75, 3.05) is 17.4 Å². The molecule has 1 aliphatic heterocycles. The number of anilines is 1. The van der Waals surface area contributed by atoms with Gasteiger partial charge >= 0.3 is 0 Å². The van der Waals surface area contributed by atoms with E-state index in [9.17, 15) is 17.6 Å². The molecule has 0 bridgehead atoms. The minimum atomic E-state index is -4.00. The van der Waals surface area contributed by atoms with E-state index in [1.807, 2.05) is 6.92 Å². The number of amides is 1. The van der Waals surface area contributed by atoms with E-state index in [0.717, 1.165) is 35.7 Å². The molecule has 1 heterocycles. The topological polar surface area (TPSA) is 57.7 Å². The molecule has 1 atom stereocenters. The molecule has 2 aromatic carbocycles. The molecule has 2 aromatic rings. The van der Waals surface area contributed by atoms with Gasteiger partial charge in [0.05, 0.1) is 10.6 Å². The summed E-state index contributed by atoms with van der Waals surface area (Å²) in [6, 6.07) is 13.2. The molecule has 1 fully saturated rings. The Bertz CT molecular complexity index is 885. The van der Waals surface area contributed by atoms with Crippen LogP contribution < -0.4 is 4.31 Å². The first-order valence-electron chi connectivity index (χ1n) is 9.02. The van der Waals surface area contributed by atoms with Gasteiger partial charge in [0.2, 0.25) is 5.91 Å². The van der Waals surface area contributed by atoms with E-state index in [-0.39, 0.29) is 23.4 Å². The Balaban J connectivity index is 1.94. The van der Waals surface area contributed by atoms with Gasteiger partial charge in [0, 0.05) is 12.6 Å². The summed E-state index contributed by atoms with van der Waals surface area (Å²) in [6.45, 7) is 2.34. The lowest BCUT2D eigenvalue weighted by Crippen LogP contribution is -2.48. The summed E-state index contributed by atoms with van der Waals surface area (Å²) >= 11 is 0. The monoisotopic (exact) mass is 390 g/mol. The summed E-state index contributed by atoms with van der Waals surface area (Å²) < 4.78 is 40.7. The lowest BCUT2D eigenvalue weighted by atomic mass is 10.0. The molecule has 1 amide bonds. The van der Waals surface area contributed by atoms with Crippen molar-refractivity contribution in [3.8, 4) is 0 Å². The van der Waals surface area contributed by atoms with E-state index in [2.05, 4.69) is 0 Å². The number of hydrogen-bond acceptors (Lipinski definition) is 3. The standard InChI is InChI=1S/C20H23FN2O3S/c1-16-7-5-6-14-22(16)20(24)15-23(18-8-3-2-4-9-18)27(25,26)19-12-10-17(21)11-13-19/h2-4,8-13,16H,5-7,14-15H2,1H3/t16-/m1/s1. The molecule has 0 aromatic heterocycles. The van der Waals surface area contributed by atoms with Gasteiger partial charge in [-0.3, -0.25) is 9.10 Å². The Labute approximate surface area is 159 Å². The smallest absolute Gasteiger partial charge is 0.264 e. The van der Waals surface area contributed by atoms with Crippen molar-refractivity contribution in [3.63, 3.8) is 0 Å². The van der Waals surface area contributed by atoms with Crippen LogP contribution in [-0.4, -0.2) is 38.4 Å². The molecular formula is C20H23FN2O3S. The summed E-state index contributed by atoms with van der Waals surface area (Å²) in [5.41, 5.74) is 0.403. The van der Waals surface area contributed by atoms with Crippen LogP contribution in [0.15, 0.2) is 59.5 Å². The minimum Gasteiger partial charge on any atom is -0.338 e.